The van der Waals surface area contributed by atoms with E-state index in [-0.39, 0.29) is 16.9 Å². The van der Waals surface area contributed by atoms with Crippen molar-refractivity contribution in [1.82, 2.24) is 0 Å². The van der Waals surface area contributed by atoms with Gasteiger partial charge in [-0.1, -0.05) is 35.8 Å². The molecule has 1 aromatic carbocycles. The van der Waals surface area contributed by atoms with Gasteiger partial charge in [-0.25, -0.2) is 9.59 Å². The Morgan fingerprint density at radius 3 is 2.08 bits per heavy atom. The number of rotatable bonds is 3. The average Bonchev–Trinajstić information content (AvgIpc) is 2.51. The molecule has 0 fully saturated rings. The molecule has 0 aliphatic heterocycles. The summed E-state index contributed by atoms with van der Waals surface area (Å²) in [6, 6.07) is 5.89. The predicted molar refractivity (Wildman–Crippen MR) is 95.6 cm³/mol. The summed E-state index contributed by atoms with van der Waals surface area (Å²) in [4.78, 5) is 19.5. The van der Waals surface area contributed by atoms with Crippen molar-refractivity contribution < 1.29 is 40.6 Å². The number of benzene rings is 1. The van der Waals surface area contributed by atoms with Crippen molar-refractivity contribution in [1.29, 1.82) is 0 Å². The minimum absolute atomic E-state index is 0. The predicted octanol–water partition coefficient (Wildman–Crippen LogP) is -0.456. The molecular weight excluding hydrogens is 414 g/mol. The van der Waals surface area contributed by atoms with Gasteiger partial charge in [0.1, 0.15) is 0 Å². The largest absolute Gasteiger partial charge is 0.479 e. The van der Waals surface area contributed by atoms with Crippen LogP contribution in [0.1, 0.15) is 37.4 Å². The van der Waals surface area contributed by atoms with E-state index in [0.29, 0.717) is 0 Å². The van der Waals surface area contributed by atoms with Gasteiger partial charge in [-0.3, -0.25) is 0 Å². The van der Waals surface area contributed by atoms with Gasteiger partial charge in [-0.05, 0) is 35.1 Å². The molecular formula is C16H24BrNO8. The summed E-state index contributed by atoms with van der Waals surface area (Å²) in [6.07, 6.45) is -4.25. The third kappa shape index (κ3) is 5.73. The molecule has 148 valence electrons. The molecule has 0 spiro atoms. The van der Waals surface area contributed by atoms with Gasteiger partial charge in [0, 0.05) is 4.47 Å². The summed E-state index contributed by atoms with van der Waals surface area (Å²) in [7, 11) is 0. The fourth-order valence-electron chi connectivity index (χ4n) is 2.66. The number of carbonyl (C=O) groups is 2. The van der Waals surface area contributed by atoms with Crippen molar-refractivity contribution >= 4 is 27.9 Å². The van der Waals surface area contributed by atoms with Crippen molar-refractivity contribution in [2.24, 2.45) is 5.73 Å². The maximum absolute atomic E-state index is 9.91. The number of carboxylic acid groups (broad SMARTS) is 2. The van der Waals surface area contributed by atoms with Crippen molar-refractivity contribution in [3.8, 4) is 0 Å². The summed E-state index contributed by atoms with van der Waals surface area (Å²) in [5.41, 5.74) is 8.33. The van der Waals surface area contributed by atoms with Gasteiger partial charge in [-0.2, -0.15) is 0 Å². The Labute approximate surface area is 158 Å². The zero-order valence-corrected chi connectivity index (χ0v) is 15.8. The van der Waals surface area contributed by atoms with Crippen molar-refractivity contribution in [3.63, 3.8) is 0 Å². The van der Waals surface area contributed by atoms with E-state index in [4.69, 9.17) is 26.2 Å². The van der Waals surface area contributed by atoms with Crippen LogP contribution in [0.4, 0.5) is 0 Å². The standard InChI is InChI=1S/C12H16BrNO.C4H6O6.H2O/c1-12(2)6-10(15)11(14)8-5-7(13)3-4-9(8)12;5-1(3(7)8)2(6)4(9)10;/h3-5,10-11,15H,6,14H2,1-2H3;1-2,5-6H,(H,7,8)(H,9,10);1H2/t10-,11-;1-,2-;/m01./s1. The highest BCUT2D eigenvalue weighted by Gasteiger charge is 2.36. The molecule has 2 rings (SSSR count). The normalized spacial score (nSPS) is 22.6. The van der Waals surface area contributed by atoms with Crippen LogP contribution in [0.5, 0.6) is 0 Å². The fraction of sp³-hybridized carbons (Fsp3) is 0.500. The smallest absolute Gasteiger partial charge is 0.335 e. The summed E-state index contributed by atoms with van der Waals surface area (Å²) in [6.45, 7) is 4.30. The van der Waals surface area contributed by atoms with Crippen LogP contribution in [0, 0.1) is 0 Å². The monoisotopic (exact) mass is 437 g/mol. The molecule has 26 heavy (non-hydrogen) atoms. The molecule has 0 bridgehead atoms. The molecule has 1 aliphatic carbocycles. The highest BCUT2D eigenvalue weighted by Crippen LogP contribution is 2.41. The lowest BCUT2D eigenvalue weighted by molar-refractivity contribution is -0.165. The molecule has 0 amide bonds. The van der Waals surface area contributed by atoms with Crippen molar-refractivity contribution in [3.05, 3.63) is 33.8 Å². The van der Waals surface area contributed by atoms with Crippen LogP contribution in [0.3, 0.4) is 0 Å². The lowest BCUT2D eigenvalue weighted by Crippen LogP contribution is -2.39. The van der Waals surface area contributed by atoms with Gasteiger partial charge in [-0.15, -0.1) is 0 Å². The third-order valence-corrected chi connectivity index (χ3v) is 4.53. The van der Waals surface area contributed by atoms with Crippen LogP contribution in [-0.2, 0) is 15.0 Å². The molecule has 0 saturated carbocycles. The first-order valence-electron chi connectivity index (χ1n) is 7.43. The second-order valence-corrected chi connectivity index (χ2v) is 7.39. The first kappa shape index (κ1) is 24.4. The van der Waals surface area contributed by atoms with E-state index in [2.05, 4.69) is 35.8 Å². The van der Waals surface area contributed by atoms with Crippen LogP contribution in [0.2, 0.25) is 0 Å². The highest BCUT2D eigenvalue weighted by atomic mass is 79.9. The molecule has 10 heteroatoms. The van der Waals surface area contributed by atoms with Crippen LogP contribution in [0.25, 0.3) is 0 Å². The van der Waals surface area contributed by atoms with Gasteiger partial charge in [0.05, 0.1) is 12.1 Å². The molecule has 1 aromatic rings. The van der Waals surface area contributed by atoms with Gasteiger partial charge >= 0.3 is 11.9 Å². The Bertz CT molecular complexity index is 633. The molecule has 9 N–H and O–H groups in total. The number of nitrogens with two attached hydrogens (primary N) is 1. The SMILES string of the molecule is CC1(C)C[C@H](O)[C@@H](N)c2cc(Br)ccc21.O.O=C(O)[C@H](O)[C@@H](O)C(=O)O. The highest BCUT2D eigenvalue weighted by molar-refractivity contribution is 9.10. The van der Waals surface area contributed by atoms with Gasteiger partial charge < -0.3 is 36.7 Å². The van der Waals surface area contributed by atoms with E-state index in [1.54, 1.807) is 0 Å². The van der Waals surface area contributed by atoms with E-state index < -0.39 is 30.3 Å². The number of aliphatic carboxylic acids is 2. The van der Waals surface area contributed by atoms with Crippen molar-refractivity contribution in [2.75, 3.05) is 0 Å². The minimum atomic E-state index is -2.27. The number of aliphatic hydroxyl groups excluding tert-OH is 3. The minimum Gasteiger partial charge on any atom is -0.479 e. The maximum atomic E-state index is 9.91. The Hall–Kier alpha value is -1.56. The number of hydrogen-bond donors (Lipinski definition) is 6. The van der Waals surface area contributed by atoms with Gasteiger partial charge in [0.2, 0.25) is 0 Å². The Morgan fingerprint density at radius 2 is 1.65 bits per heavy atom. The molecule has 0 saturated heterocycles. The summed E-state index contributed by atoms with van der Waals surface area (Å²) in [5, 5.41) is 42.4. The second-order valence-electron chi connectivity index (χ2n) is 6.48. The number of halogens is 1. The Balaban J connectivity index is 0.000000504. The van der Waals surface area contributed by atoms with E-state index >= 15 is 0 Å². The zero-order chi connectivity index (χ0) is 19.5. The average molecular weight is 438 g/mol. The van der Waals surface area contributed by atoms with Crippen LogP contribution >= 0.6 is 15.9 Å². The van der Waals surface area contributed by atoms with Crippen LogP contribution < -0.4 is 5.73 Å². The molecule has 0 heterocycles. The van der Waals surface area contributed by atoms with Crippen LogP contribution in [-0.4, -0.2) is 61.3 Å². The van der Waals surface area contributed by atoms with E-state index in [1.807, 2.05) is 12.1 Å². The van der Waals surface area contributed by atoms with Crippen molar-refractivity contribution in [2.45, 2.75) is 50.0 Å². The van der Waals surface area contributed by atoms with Gasteiger partial charge in [0.15, 0.2) is 12.2 Å². The second kappa shape index (κ2) is 9.40. The summed E-state index contributed by atoms with van der Waals surface area (Å²) >= 11 is 3.44. The Kier molecular flexibility index (Phi) is 8.83. The van der Waals surface area contributed by atoms with Gasteiger partial charge in [0.25, 0.3) is 0 Å². The molecule has 0 aromatic heterocycles. The summed E-state index contributed by atoms with van der Waals surface area (Å²) in [5.74, 6) is -3.54. The molecule has 0 unspecified atom stereocenters. The van der Waals surface area contributed by atoms with E-state index in [9.17, 15) is 14.7 Å². The quantitative estimate of drug-likeness (QED) is 0.365. The van der Waals surface area contributed by atoms with E-state index in [1.165, 1.54) is 5.56 Å². The zero-order valence-electron chi connectivity index (χ0n) is 14.3. The first-order valence-corrected chi connectivity index (χ1v) is 8.23. The third-order valence-electron chi connectivity index (χ3n) is 4.04. The lowest BCUT2D eigenvalue weighted by Gasteiger charge is -2.39. The number of carboxylic acids is 2. The molecule has 1 aliphatic rings. The number of fused-ring (bicyclic) bond motifs is 1. The topological polar surface area (TPSA) is 193 Å². The molecule has 9 nitrogen and oxygen atoms in total. The first-order chi connectivity index (χ1) is 11.4. The van der Waals surface area contributed by atoms with E-state index in [0.717, 1.165) is 16.5 Å². The Morgan fingerprint density at radius 1 is 1.19 bits per heavy atom. The summed E-state index contributed by atoms with van der Waals surface area (Å²) < 4.78 is 1.02. The molecule has 4 atom stereocenters. The van der Waals surface area contributed by atoms with Crippen LogP contribution in [0.15, 0.2) is 22.7 Å². The lowest BCUT2D eigenvalue weighted by atomic mass is 9.70. The fourth-order valence-corrected chi connectivity index (χ4v) is 3.04. The maximum Gasteiger partial charge on any atom is 0.335 e. The number of hydrogen-bond acceptors (Lipinski definition) is 6. The number of aliphatic hydroxyl groups is 3. The molecule has 0 radical (unpaired) electrons.